The summed E-state index contributed by atoms with van der Waals surface area (Å²) in [5, 5.41) is 3.24. The van der Waals surface area contributed by atoms with E-state index in [1.807, 2.05) is 0 Å². The second kappa shape index (κ2) is 11.4. The standard InChI is InChI=1S/C22H37N5O/c1-19-6-10-27(11-7-19)18-21-5-2-4-20(16-21)17-25-22(23)24-8-3-9-26-12-14-28-15-13-26/h2,4-5,16,19H,3,6-15,17-18H2,1H3,(H3,23,24,25). The molecule has 0 atom stereocenters. The van der Waals surface area contributed by atoms with Crippen LogP contribution in [-0.4, -0.2) is 68.2 Å². The van der Waals surface area contributed by atoms with Crippen molar-refractivity contribution in [2.24, 2.45) is 16.6 Å². The van der Waals surface area contributed by atoms with Crippen molar-refractivity contribution in [2.45, 2.75) is 39.3 Å². The fourth-order valence-electron chi connectivity index (χ4n) is 3.88. The van der Waals surface area contributed by atoms with Gasteiger partial charge in [-0.15, -0.1) is 0 Å². The molecule has 6 heteroatoms. The Morgan fingerprint density at radius 2 is 1.89 bits per heavy atom. The highest BCUT2D eigenvalue weighted by Crippen LogP contribution is 2.18. The van der Waals surface area contributed by atoms with Crippen LogP contribution in [0.1, 0.15) is 37.3 Å². The van der Waals surface area contributed by atoms with Gasteiger partial charge < -0.3 is 15.8 Å². The molecule has 6 nitrogen and oxygen atoms in total. The van der Waals surface area contributed by atoms with Gasteiger partial charge in [-0.2, -0.15) is 0 Å². The van der Waals surface area contributed by atoms with E-state index in [-0.39, 0.29) is 0 Å². The van der Waals surface area contributed by atoms with Crippen LogP contribution < -0.4 is 11.1 Å². The van der Waals surface area contributed by atoms with E-state index in [1.165, 1.54) is 37.1 Å². The molecule has 0 bridgehead atoms. The summed E-state index contributed by atoms with van der Waals surface area (Å²) in [6.07, 6.45) is 3.70. The topological polar surface area (TPSA) is 66.1 Å². The Balaban J connectivity index is 1.36. The van der Waals surface area contributed by atoms with Gasteiger partial charge in [0.15, 0.2) is 5.96 Å². The van der Waals surface area contributed by atoms with Crippen LogP contribution in [0.2, 0.25) is 0 Å². The number of piperidine rings is 1. The predicted molar refractivity (Wildman–Crippen MR) is 115 cm³/mol. The fraction of sp³-hybridized carbons (Fsp3) is 0.682. The zero-order valence-electron chi connectivity index (χ0n) is 17.4. The summed E-state index contributed by atoms with van der Waals surface area (Å²) in [4.78, 5) is 9.51. The van der Waals surface area contributed by atoms with Gasteiger partial charge in [0.2, 0.25) is 0 Å². The Kier molecular flexibility index (Phi) is 8.58. The fourth-order valence-corrected chi connectivity index (χ4v) is 3.88. The maximum atomic E-state index is 6.04. The first-order chi connectivity index (χ1) is 13.7. The van der Waals surface area contributed by atoms with Gasteiger partial charge in [0.05, 0.1) is 19.8 Å². The minimum Gasteiger partial charge on any atom is -0.379 e. The molecule has 2 aliphatic heterocycles. The Hall–Kier alpha value is -1.63. The van der Waals surface area contributed by atoms with E-state index < -0.39 is 0 Å². The van der Waals surface area contributed by atoms with Crippen LogP contribution in [0.5, 0.6) is 0 Å². The largest absolute Gasteiger partial charge is 0.379 e. The minimum absolute atomic E-state index is 0.539. The maximum Gasteiger partial charge on any atom is 0.188 e. The third-order valence-corrected chi connectivity index (χ3v) is 5.77. The van der Waals surface area contributed by atoms with Crippen molar-refractivity contribution in [3.8, 4) is 0 Å². The Morgan fingerprint density at radius 1 is 1.14 bits per heavy atom. The summed E-state index contributed by atoms with van der Waals surface area (Å²) in [5.74, 6) is 1.42. The number of benzene rings is 1. The second-order valence-electron chi connectivity index (χ2n) is 8.21. The average molecular weight is 388 g/mol. The van der Waals surface area contributed by atoms with Crippen LogP contribution in [0, 0.1) is 5.92 Å². The van der Waals surface area contributed by atoms with E-state index in [4.69, 9.17) is 10.5 Å². The molecule has 2 heterocycles. The van der Waals surface area contributed by atoms with Crippen LogP contribution in [0.3, 0.4) is 0 Å². The first-order valence-corrected chi connectivity index (χ1v) is 10.8. The van der Waals surface area contributed by atoms with Crippen LogP contribution >= 0.6 is 0 Å². The highest BCUT2D eigenvalue weighted by atomic mass is 16.5. The lowest BCUT2D eigenvalue weighted by atomic mass is 9.98. The molecule has 3 N–H and O–H groups in total. The van der Waals surface area contributed by atoms with Crippen LogP contribution in [0.15, 0.2) is 29.3 Å². The van der Waals surface area contributed by atoms with Crippen LogP contribution in [0.25, 0.3) is 0 Å². The molecular formula is C22H37N5O. The van der Waals surface area contributed by atoms with E-state index in [0.717, 1.165) is 58.3 Å². The highest BCUT2D eigenvalue weighted by Gasteiger charge is 2.15. The highest BCUT2D eigenvalue weighted by molar-refractivity contribution is 5.77. The number of likely N-dealkylation sites (tertiary alicyclic amines) is 1. The summed E-state index contributed by atoms with van der Waals surface area (Å²) in [7, 11) is 0. The van der Waals surface area contributed by atoms with Gasteiger partial charge in [-0.25, -0.2) is 4.99 Å². The molecular weight excluding hydrogens is 350 g/mol. The number of nitrogens with two attached hydrogens (primary N) is 1. The normalized spacial score (nSPS) is 20.4. The summed E-state index contributed by atoms with van der Waals surface area (Å²) in [6, 6.07) is 8.77. The quantitative estimate of drug-likeness (QED) is 0.406. The molecule has 0 amide bonds. The first-order valence-electron chi connectivity index (χ1n) is 10.8. The molecule has 0 radical (unpaired) electrons. The number of nitrogens with one attached hydrogen (secondary N) is 1. The van der Waals surface area contributed by atoms with Gasteiger partial charge in [0.25, 0.3) is 0 Å². The number of nitrogens with zero attached hydrogens (tertiary/aromatic N) is 3. The van der Waals surface area contributed by atoms with E-state index in [9.17, 15) is 0 Å². The molecule has 156 valence electrons. The molecule has 2 aliphatic rings. The zero-order chi connectivity index (χ0) is 19.6. The van der Waals surface area contributed by atoms with Gasteiger partial charge in [-0.1, -0.05) is 31.2 Å². The Morgan fingerprint density at radius 3 is 2.68 bits per heavy atom. The van der Waals surface area contributed by atoms with Crippen LogP contribution in [0.4, 0.5) is 0 Å². The molecule has 28 heavy (non-hydrogen) atoms. The lowest BCUT2D eigenvalue weighted by Crippen LogP contribution is -2.39. The third-order valence-electron chi connectivity index (χ3n) is 5.77. The van der Waals surface area contributed by atoms with Crippen molar-refractivity contribution >= 4 is 5.96 Å². The smallest absolute Gasteiger partial charge is 0.188 e. The molecule has 1 aromatic rings. The van der Waals surface area contributed by atoms with Crippen molar-refractivity contribution in [1.29, 1.82) is 0 Å². The number of ether oxygens (including phenoxy) is 1. The molecule has 3 rings (SSSR count). The van der Waals surface area contributed by atoms with Gasteiger partial charge in [-0.05, 0) is 55.9 Å². The summed E-state index contributed by atoms with van der Waals surface area (Å²) < 4.78 is 5.37. The van der Waals surface area contributed by atoms with Gasteiger partial charge in [0, 0.05) is 26.2 Å². The van der Waals surface area contributed by atoms with Crippen molar-refractivity contribution in [2.75, 3.05) is 52.5 Å². The zero-order valence-corrected chi connectivity index (χ0v) is 17.4. The molecule has 1 aromatic carbocycles. The van der Waals surface area contributed by atoms with E-state index in [0.29, 0.717) is 12.5 Å². The summed E-state index contributed by atoms with van der Waals surface area (Å²) in [6.45, 7) is 12.2. The van der Waals surface area contributed by atoms with Crippen molar-refractivity contribution in [1.82, 2.24) is 15.1 Å². The second-order valence-corrected chi connectivity index (χ2v) is 8.21. The van der Waals surface area contributed by atoms with E-state index in [1.54, 1.807) is 0 Å². The number of aliphatic imine (C=N–C) groups is 1. The number of morpholine rings is 1. The molecule has 0 aromatic heterocycles. The van der Waals surface area contributed by atoms with Crippen molar-refractivity contribution in [3.63, 3.8) is 0 Å². The molecule has 0 spiro atoms. The van der Waals surface area contributed by atoms with E-state index in [2.05, 4.69) is 51.3 Å². The van der Waals surface area contributed by atoms with Crippen molar-refractivity contribution in [3.05, 3.63) is 35.4 Å². The lowest BCUT2D eigenvalue weighted by molar-refractivity contribution is 0.0376. The Bertz CT molecular complexity index is 607. The van der Waals surface area contributed by atoms with Crippen LogP contribution in [-0.2, 0) is 17.8 Å². The molecule has 0 aliphatic carbocycles. The van der Waals surface area contributed by atoms with E-state index >= 15 is 0 Å². The van der Waals surface area contributed by atoms with Crippen molar-refractivity contribution < 1.29 is 4.74 Å². The third kappa shape index (κ3) is 7.41. The summed E-state index contributed by atoms with van der Waals surface area (Å²) >= 11 is 0. The molecule has 0 unspecified atom stereocenters. The minimum atomic E-state index is 0.539. The Labute approximate surface area is 170 Å². The average Bonchev–Trinajstić information content (AvgIpc) is 2.72. The SMILES string of the molecule is CC1CCN(Cc2cccc(CN=C(N)NCCCN3CCOCC3)c2)CC1. The number of rotatable bonds is 8. The number of hydrogen-bond donors (Lipinski definition) is 2. The predicted octanol–water partition coefficient (Wildman–Crippen LogP) is 2.05. The van der Waals surface area contributed by atoms with Gasteiger partial charge >= 0.3 is 0 Å². The maximum absolute atomic E-state index is 6.04. The number of guanidine groups is 1. The monoisotopic (exact) mass is 387 g/mol. The van der Waals surface area contributed by atoms with Gasteiger partial charge in [0.1, 0.15) is 0 Å². The molecule has 2 fully saturated rings. The summed E-state index contributed by atoms with van der Waals surface area (Å²) in [5.41, 5.74) is 8.64. The van der Waals surface area contributed by atoms with Gasteiger partial charge in [-0.3, -0.25) is 9.80 Å². The number of hydrogen-bond acceptors (Lipinski definition) is 4. The first kappa shape index (κ1) is 21.1. The molecule has 2 saturated heterocycles. The lowest BCUT2D eigenvalue weighted by Gasteiger charge is -2.30. The molecule has 0 saturated carbocycles.